The van der Waals surface area contributed by atoms with Crippen LogP contribution < -0.4 is 4.74 Å². The van der Waals surface area contributed by atoms with Gasteiger partial charge in [-0.2, -0.15) is 0 Å². The van der Waals surface area contributed by atoms with Gasteiger partial charge in [-0.1, -0.05) is 19.1 Å². The van der Waals surface area contributed by atoms with E-state index in [1.165, 1.54) is 11.1 Å². The number of ether oxygens (including phenoxy) is 1. The maximum atomic E-state index is 5.66. The Labute approximate surface area is 91.0 Å². The average Bonchev–Trinajstić information content (AvgIpc) is 2.25. The van der Waals surface area contributed by atoms with Crippen LogP contribution in [-0.4, -0.2) is 13.0 Å². The van der Waals surface area contributed by atoms with Crippen LogP contribution in [-0.2, 0) is 12.8 Å². The van der Waals surface area contributed by atoms with E-state index >= 15 is 0 Å². The van der Waals surface area contributed by atoms with Crippen molar-refractivity contribution < 1.29 is 4.74 Å². The zero-order valence-electron chi connectivity index (χ0n) is 8.85. The topological polar surface area (TPSA) is 9.23 Å². The lowest BCUT2D eigenvalue weighted by Gasteiger charge is -2.08. The van der Waals surface area contributed by atoms with Gasteiger partial charge in [-0.3, -0.25) is 0 Å². The van der Waals surface area contributed by atoms with Crippen molar-refractivity contribution in [3.63, 3.8) is 0 Å². The number of benzene rings is 1. The first kappa shape index (κ1) is 11.4. The molecule has 0 N–H and O–H groups in total. The molecular formula is C12H17ClO. The van der Waals surface area contributed by atoms with Crippen LogP contribution in [0.5, 0.6) is 5.75 Å². The van der Waals surface area contributed by atoms with Gasteiger partial charge in [-0.25, -0.2) is 0 Å². The van der Waals surface area contributed by atoms with Gasteiger partial charge in [-0.05, 0) is 36.5 Å². The molecule has 14 heavy (non-hydrogen) atoms. The normalized spacial score (nSPS) is 10.2. The minimum absolute atomic E-state index is 0.730. The van der Waals surface area contributed by atoms with Crippen molar-refractivity contribution in [2.75, 3.05) is 13.0 Å². The lowest BCUT2D eigenvalue weighted by molar-refractivity contribution is 0.410. The van der Waals surface area contributed by atoms with Crippen LogP contribution in [0.1, 0.15) is 24.5 Å². The van der Waals surface area contributed by atoms with Gasteiger partial charge in [0, 0.05) is 5.88 Å². The Kier molecular flexibility index (Phi) is 4.81. The fourth-order valence-electron chi connectivity index (χ4n) is 1.53. The second-order valence-corrected chi connectivity index (χ2v) is 3.67. The van der Waals surface area contributed by atoms with E-state index in [0.717, 1.165) is 30.9 Å². The number of hydrogen-bond donors (Lipinski definition) is 0. The molecule has 1 rings (SSSR count). The summed E-state index contributed by atoms with van der Waals surface area (Å²) >= 11 is 5.66. The van der Waals surface area contributed by atoms with Crippen LogP contribution in [0.15, 0.2) is 18.2 Å². The van der Waals surface area contributed by atoms with Crippen LogP contribution in [0, 0.1) is 0 Å². The van der Waals surface area contributed by atoms with Crippen molar-refractivity contribution in [1.82, 2.24) is 0 Å². The molecular weight excluding hydrogens is 196 g/mol. The Bertz CT molecular complexity index is 284. The largest absolute Gasteiger partial charge is 0.496 e. The van der Waals surface area contributed by atoms with Crippen LogP contribution in [0.2, 0.25) is 0 Å². The summed E-state index contributed by atoms with van der Waals surface area (Å²) in [7, 11) is 1.72. The summed E-state index contributed by atoms with van der Waals surface area (Å²) in [4.78, 5) is 0. The van der Waals surface area contributed by atoms with Gasteiger partial charge in [0.05, 0.1) is 7.11 Å². The molecule has 78 valence electrons. The first-order chi connectivity index (χ1) is 6.81. The highest BCUT2D eigenvalue weighted by Gasteiger charge is 2.01. The Balaban J connectivity index is 2.79. The summed E-state index contributed by atoms with van der Waals surface area (Å²) in [5, 5.41) is 0. The van der Waals surface area contributed by atoms with E-state index in [1.807, 2.05) is 6.07 Å². The zero-order valence-corrected chi connectivity index (χ0v) is 9.60. The highest BCUT2D eigenvalue weighted by atomic mass is 35.5. The summed E-state index contributed by atoms with van der Waals surface area (Å²) < 4.78 is 5.27. The zero-order chi connectivity index (χ0) is 10.4. The molecule has 0 unspecified atom stereocenters. The molecule has 0 radical (unpaired) electrons. The fraction of sp³-hybridized carbons (Fsp3) is 0.500. The summed E-state index contributed by atoms with van der Waals surface area (Å²) in [6.45, 7) is 2.14. The summed E-state index contributed by atoms with van der Waals surface area (Å²) in [5.74, 6) is 1.72. The molecule has 0 bridgehead atoms. The molecule has 0 saturated heterocycles. The second kappa shape index (κ2) is 5.92. The number of halogens is 1. The summed E-state index contributed by atoms with van der Waals surface area (Å²) in [5.41, 5.74) is 2.63. The highest BCUT2D eigenvalue weighted by Crippen LogP contribution is 2.21. The van der Waals surface area contributed by atoms with Gasteiger partial charge in [0.15, 0.2) is 0 Å². The van der Waals surface area contributed by atoms with E-state index < -0.39 is 0 Å². The molecule has 0 aliphatic heterocycles. The molecule has 1 nitrogen and oxygen atoms in total. The van der Waals surface area contributed by atoms with E-state index in [9.17, 15) is 0 Å². The molecule has 0 aliphatic carbocycles. The van der Waals surface area contributed by atoms with E-state index in [4.69, 9.17) is 16.3 Å². The molecule has 1 aromatic carbocycles. The fourth-order valence-corrected chi connectivity index (χ4v) is 1.67. The number of aryl methyl sites for hydroxylation is 2. The number of hydrogen-bond acceptors (Lipinski definition) is 1. The van der Waals surface area contributed by atoms with Crippen LogP contribution in [0.3, 0.4) is 0 Å². The van der Waals surface area contributed by atoms with Gasteiger partial charge in [0.2, 0.25) is 0 Å². The molecule has 1 aromatic rings. The maximum Gasteiger partial charge on any atom is 0.122 e. The van der Waals surface area contributed by atoms with Crippen molar-refractivity contribution in [2.45, 2.75) is 26.2 Å². The molecule has 0 fully saturated rings. The number of alkyl halides is 1. The van der Waals surface area contributed by atoms with Crippen molar-refractivity contribution in [3.05, 3.63) is 29.3 Å². The van der Waals surface area contributed by atoms with Crippen LogP contribution >= 0.6 is 11.6 Å². The van der Waals surface area contributed by atoms with Crippen LogP contribution in [0.4, 0.5) is 0 Å². The molecule has 0 saturated carbocycles. The molecule has 0 atom stereocenters. The van der Waals surface area contributed by atoms with Crippen molar-refractivity contribution in [1.29, 1.82) is 0 Å². The van der Waals surface area contributed by atoms with E-state index in [1.54, 1.807) is 7.11 Å². The van der Waals surface area contributed by atoms with Gasteiger partial charge in [0.25, 0.3) is 0 Å². The Hall–Kier alpha value is -0.690. The summed E-state index contributed by atoms with van der Waals surface area (Å²) in [6.07, 6.45) is 3.11. The molecule has 0 amide bonds. The molecule has 2 heteroatoms. The van der Waals surface area contributed by atoms with E-state index in [0.29, 0.717) is 0 Å². The third-order valence-corrected chi connectivity index (χ3v) is 2.59. The number of methoxy groups -OCH3 is 1. The molecule has 0 spiro atoms. The van der Waals surface area contributed by atoms with Crippen molar-refractivity contribution in [3.8, 4) is 5.75 Å². The van der Waals surface area contributed by atoms with Gasteiger partial charge >= 0.3 is 0 Å². The first-order valence-corrected chi connectivity index (χ1v) is 5.57. The van der Waals surface area contributed by atoms with E-state index in [2.05, 4.69) is 19.1 Å². The summed E-state index contributed by atoms with van der Waals surface area (Å²) in [6, 6.07) is 6.37. The van der Waals surface area contributed by atoms with Gasteiger partial charge in [-0.15, -0.1) is 11.6 Å². The Morgan fingerprint density at radius 1 is 1.36 bits per heavy atom. The third-order valence-electron chi connectivity index (χ3n) is 2.32. The van der Waals surface area contributed by atoms with Gasteiger partial charge < -0.3 is 4.74 Å². The smallest absolute Gasteiger partial charge is 0.122 e. The number of rotatable bonds is 5. The second-order valence-electron chi connectivity index (χ2n) is 3.29. The lowest BCUT2D eigenvalue weighted by Crippen LogP contribution is -1.93. The quantitative estimate of drug-likeness (QED) is 0.680. The van der Waals surface area contributed by atoms with Crippen molar-refractivity contribution >= 4 is 11.6 Å². The minimum atomic E-state index is 0.730. The standard InChI is InChI=1S/C12H17ClO/c1-3-11-9-10(5-4-8-13)6-7-12(11)14-2/h6-7,9H,3-5,8H2,1-2H3. The van der Waals surface area contributed by atoms with Crippen LogP contribution in [0.25, 0.3) is 0 Å². The predicted molar refractivity (Wildman–Crippen MR) is 61.4 cm³/mol. The molecule has 0 aliphatic rings. The SMILES string of the molecule is CCc1cc(CCCCl)ccc1OC. The molecule has 0 aromatic heterocycles. The monoisotopic (exact) mass is 212 g/mol. The predicted octanol–water partition coefficient (Wildman–Crippen LogP) is 3.43. The minimum Gasteiger partial charge on any atom is -0.496 e. The average molecular weight is 213 g/mol. The Morgan fingerprint density at radius 3 is 2.71 bits per heavy atom. The third kappa shape index (κ3) is 2.91. The van der Waals surface area contributed by atoms with Crippen molar-refractivity contribution in [2.24, 2.45) is 0 Å². The first-order valence-electron chi connectivity index (χ1n) is 5.03. The Morgan fingerprint density at radius 2 is 2.14 bits per heavy atom. The lowest BCUT2D eigenvalue weighted by atomic mass is 10.0. The highest BCUT2D eigenvalue weighted by molar-refractivity contribution is 6.17. The van der Waals surface area contributed by atoms with Gasteiger partial charge in [0.1, 0.15) is 5.75 Å². The molecule has 0 heterocycles. The van der Waals surface area contributed by atoms with E-state index in [-0.39, 0.29) is 0 Å². The maximum absolute atomic E-state index is 5.66.